The lowest BCUT2D eigenvalue weighted by molar-refractivity contribution is -0.00472. The molecule has 1 aromatic heterocycles. The van der Waals surface area contributed by atoms with E-state index in [9.17, 15) is 4.79 Å². The van der Waals surface area contributed by atoms with E-state index in [1.165, 1.54) is 0 Å². The maximum Gasteiger partial charge on any atom is 0.338 e. The zero-order valence-electron chi connectivity index (χ0n) is 20.5. The summed E-state index contributed by atoms with van der Waals surface area (Å²) in [6, 6.07) is 7.13. The highest BCUT2D eigenvalue weighted by Gasteiger charge is 2.40. The van der Waals surface area contributed by atoms with Crippen LogP contribution < -0.4 is 0 Å². The third kappa shape index (κ3) is 5.57. The molecule has 0 amide bonds. The highest BCUT2D eigenvalue weighted by molar-refractivity contribution is 5.89. The fourth-order valence-electron chi connectivity index (χ4n) is 4.62. The van der Waals surface area contributed by atoms with Gasteiger partial charge in [0, 0.05) is 6.42 Å². The van der Waals surface area contributed by atoms with E-state index in [1.54, 1.807) is 12.1 Å². The molecule has 32 heavy (non-hydrogen) atoms. The number of hydrogen-bond donors (Lipinski definition) is 0. The Labute approximate surface area is 191 Å². The average Bonchev–Trinajstić information content (AvgIpc) is 3.11. The number of ether oxygens (including phenoxy) is 1. The fourth-order valence-corrected chi connectivity index (χ4v) is 4.62. The van der Waals surface area contributed by atoms with Crippen LogP contribution in [0.25, 0.3) is 0 Å². The molecule has 0 aliphatic heterocycles. The van der Waals surface area contributed by atoms with Crippen LogP contribution in [-0.4, -0.2) is 26.6 Å². The van der Waals surface area contributed by atoms with E-state index in [0.29, 0.717) is 17.7 Å². The van der Waals surface area contributed by atoms with Gasteiger partial charge < -0.3 is 4.74 Å². The molecular formula is C26H38FN3O2. The van der Waals surface area contributed by atoms with Crippen molar-refractivity contribution in [1.29, 1.82) is 0 Å². The van der Waals surface area contributed by atoms with E-state index in [-0.39, 0.29) is 17.9 Å². The summed E-state index contributed by atoms with van der Waals surface area (Å²) in [6.07, 6.45) is 6.05. The highest BCUT2D eigenvalue weighted by Crippen LogP contribution is 2.39. The number of rotatable bonds is 6. The number of fused-ring (bicyclic) bond motifs is 1. The fraction of sp³-hybridized carbons (Fsp3) is 0.654. The minimum atomic E-state index is -1.57. The second-order valence-electron chi connectivity index (χ2n) is 10.8. The Morgan fingerprint density at radius 3 is 2.44 bits per heavy atom. The zero-order valence-corrected chi connectivity index (χ0v) is 20.5. The third-order valence-corrected chi connectivity index (χ3v) is 6.20. The first kappa shape index (κ1) is 24.4. The van der Waals surface area contributed by atoms with E-state index < -0.39 is 11.3 Å². The Morgan fingerprint density at radius 1 is 1.12 bits per heavy atom. The summed E-state index contributed by atoms with van der Waals surface area (Å²) >= 11 is 0. The van der Waals surface area contributed by atoms with E-state index in [2.05, 4.69) is 38.0 Å². The van der Waals surface area contributed by atoms with E-state index in [0.717, 1.165) is 49.8 Å². The number of halogens is 1. The molecule has 0 bridgehead atoms. The highest BCUT2D eigenvalue weighted by atomic mass is 19.1. The maximum atomic E-state index is 16.5. The molecule has 176 valence electrons. The Bertz CT molecular complexity index is 928. The van der Waals surface area contributed by atoms with Gasteiger partial charge in [-0.05, 0) is 84.4 Å². The van der Waals surface area contributed by atoms with Gasteiger partial charge in [0.25, 0.3) is 0 Å². The lowest BCUT2D eigenvalue weighted by atomic mass is 9.83. The molecule has 0 spiro atoms. The summed E-state index contributed by atoms with van der Waals surface area (Å²) in [5.41, 5.74) is 0.423. The Hall–Kier alpha value is -2.24. The minimum Gasteiger partial charge on any atom is -0.456 e. The zero-order chi connectivity index (χ0) is 23.6. The SMILES string of the molecule is CCCC(C)(C)OC(=O)c1ccc(CC2(F)CCCCCc3c2nnn3C(C)(C)C)cc1. The first-order chi connectivity index (χ1) is 15.0. The van der Waals surface area contributed by atoms with Crippen molar-refractivity contribution in [2.24, 2.45) is 0 Å². The topological polar surface area (TPSA) is 57.0 Å². The summed E-state index contributed by atoms with van der Waals surface area (Å²) in [4.78, 5) is 12.5. The molecule has 1 heterocycles. The summed E-state index contributed by atoms with van der Waals surface area (Å²) in [5, 5.41) is 8.68. The normalized spacial score (nSPS) is 19.7. The van der Waals surface area contributed by atoms with Gasteiger partial charge in [-0.2, -0.15) is 0 Å². The van der Waals surface area contributed by atoms with Crippen molar-refractivity contribution < 1.29 is 13.9 Å². The largest absolute Gasteiger partial charge is 0.456 e. The van der Waals surface area contributed by atoms with Crippen LogP contribution in [0.1, 0.15) is 107 Å². The Morgan fingerprint density at radius 2 is 1.81 bits per heavy atom. The molecule has 6 heteroatoms. The van der Waals surface area contributed by atoms with Crippen LogP contribution in [0.15, 0.2) is 24.3 Å². The van der Waals surface area contributed by atoms with Crippen molar-refractivity contribution in [2.75, 3.05) is 0 Å². The Kier molecular flexibility index (Phi) is 7.11. The molecule has 0 radical (unpaired) electrons. The summed E-state index contributed by atoms with van der Waals surface area (Å²) in [6.45, 7) is 12.1. The summed E-state index contributed by atoms with van der Waals surface area (Å²) in [7, 11) is 0. The van der Waals surface area contributed by atoms with Gasteiger partial charge in [0.1, 0.15) is 11.3 Å². The van der Waals surface area contributed by atoms with Gasteiger partial charge >= 0.3 is 5.97 Å². The molecule has 2 aromatic rings. The summed E-state index contributed by atoms with van der Waals surface area (Å²) < 4.78 is 24.0. The predicted molar refractivity (Wildman–Crippen MR) is 125 cm³/mol. The van der Waals surface area contributed by atoms with Crippen LogP contribution >= 0.6 is 0 Å². The van der Waals surface area contributed by atoms with E-state index in [1.807, 2.05) is 30.7 Å². The lowest BCUT2D eigenvalue weighted by Gasteiger charge is -2.29. The first-order valence-electron chi connectivity index (χ1n) is 11.9. The minimum absolute atomic E-state index is 0.222. The van der Waals surface area contributed by atoms with Crippen molar-refractivity contribution >= 4 is 5.97 Å². The van der Waals surface area contributed by atoms with Gasteiger partial charge in [0.15, 0.2) is 5.67 Å². The molecule has 1 atom stereocenters. The molecule has 0 saturated heterocycles. The predicted octanol–water partition coefficient (Wildman–Crippen LogP) is 6.29. The van der Waals surface area contributed by atoms with Crippen molar-refractivity contribution in [3.8, 4) is 0 Å². The quantitative estimate of drug-likeness (QED) is 0.492. The number of benzene rings is 1. The first-order valence-corrected chi connectivity index (χ1v) is 11.9. The number of nitrogens with zero attached hydrogens (tertiary/aromatic N) is 3. The van der Waals surface area contributed by atoms with Gasteiger partial charge in [-0.25, -0.2) is 13.9 Å². The van der Waals surface area contributed by atoms with Crippen molar-refractivity contribution in [2.45, 2.75) is 110 Å². The van der Waals surface area contributed by atoms with Crippen molar-refractivity contribution in [1.82, 2.24) is 15.0 Å². The van der Waals surface area contributed by atoms with Gasteiger partial charge in [-0.3, -0.25) is 0 Å². The second-order valence-corrected chi connectivity index (χ2v) is 10.8. The molecule has 1 aliphatic carbocycles. The molecule has 1 aromatic carbocycles. The summed E-state index contributed by atoms with van der Waals surface area (Å²) in [5.74, 6) is -0.341. The van der Waals surface area contributed by atoms with Crippen LogP contribution in [0, 0.1) is 0 Å². The Balaban J connectivity index is 1.82. The number of aromatic nitrogens is 3. The third-order valence-electron chi connectivity index (χ3n) is 6.20. The maximum absolute atomic E-state index is 16.5. The van der Waals surface area contributed by atoms with Gasteiger partial charge in [0.2, 0.25) is 0 Å². The van der Waals surface area contributed by atoms with Crippen LogP contribution in [0.2, 0.25) is 0 Å². The number of carbonyl (C=O) groups excluding carboxylic acids is 1. The molecule has 1 aliphatic rings. The van der Waals surface area contributed by atoms with Crippen molar-refractivity contribution in [3.63, 3.8) is 0 Å². The standard InChI is InChI=1S/C26H38FN3O2/c1-7-16-25(5,6)32-23(31)20-14-12-19(13-15-20)18-26(27)17-10-8-9-11-21-22(26)28-29-30(21)24(2,3)4/h12-15H,7-11,16-18H2,1-6H3. The van der Waals surface area contributed by atoms with E-state index in [4.69, 9.17) is 4.74 Å². The van der Waals surface area contributed by atoms with E-state index >= 15 is 4.39 Å². The lowest BCUT2D eigenvalue weighted by Crippen LogP contribution is -2.30. The number of alkyl halides is 1. The van der Waals surface area contributed by atoms with Gasteiger partial charge in [0.05, 0.1) is 16.8 Å². The molecular weight excluding hydrogens is 405 g/mol. The van der Waals surface area contributed by atoms with Crippen LogP contribution in [0.5, 0.6) is 0 Å². The number of esters is 1. The molecule has 0 N–H and O–H groups in total. The molecule has 0 fully saturated rings. The number of carbonyl (C=O) groups is 1. The van der Waals surface area contributed by atoms with Crippen LogP contribution in [-0.2, 0) is 28.8 Å². The van der Waals surface area contributed by atoms with Crippen LogP contribution in [0.4, 0.5) is 4.39 Å². The second kappa shape index (κ2) is 9.32. The van der Waals surface area contributed by atoms with Gasteiger partial charge in [-0.1, -0.05) is 37.1 Å². The number of hydrogen-bond acceptors (Lipinski definition) is 4. The molecule has 0 saturated carbocycles. The monoisotopic (exact) mass is 443 g/mol. The smallest absolute Gasteiger partial charge is 0.338 e. The van der Waals surface area contributed by atoms with Crippen LogP contribution in [0.3, 0.4) is 0 Å². The molecule has 5 nitrogen and oxygen atoms in total. The molecule has 1 unspecified atom stereocenters. The molecule has 3 rings (SSSR count). The average molecular weight is 444 g/mol. The van der Waals surface area contributed by atoms with Gasteiger partial charge in [-0.15, -0.1) is 5.10 Å². The van der Waals surface area contributed by atoms with Crippen molar-refractivity contribution in [3.05, 3.63) is 46.8 Å².